The summed E-state index contributed by atoms with van der Waals surface area (Å²) in [5, 5.41) is 0. The molecule has 0 saturated carbocycles. The standard InChI is InChI=1S/C16H14N4/c1-11-13(5-3-7-17-11)15-9-16(20-10-19-15)14-6-4-8-18-12(14)2/h3-10H,1-2H3. The number of rotatable bonds is 2. The molecule has 4 nitrogen and oxygen atoms in total. The normalized spacial score (nSPS) is 10.5. The first-order valence-electron chi connectivity index (χ1n) is 6.42. The Kier molecular flexibility index (Phi) is 3.21. The average Bonchev–Trinajstić information content (AvgIpc) is 2.48. The third-order valence-corrected chi connectivity index (χ3v) is 3.23. The Morgan fingerprint density at radius 2 is 1.20 bits per heavy atom. The maximum atomic E-state index is 4.35. The minimum atomic E-state index is 0.879. The molecular weight excluding hydrogens is 248 g/mol. The van der Waals surface area contributed by atoms with Crippen LogP contribution in [0.5, 0.6) is 0 Å². The van der Waals surface area contributed by atoms with Crippen LogP contribution in [0.4, 0.5) is 0 Å². The van der Waals surface area contributed by atoms with Crippen LogP contribution in [-0.2, 0) is 0 Å². The number of nitrogens with zero attached hydrogens (tertiary/aromatic N) is 4. The zero-order valence-electron chi connectivity index (χ0n) is 11.4. The Bertz CT molecular complexity index is 692. The molecule has 0 fully saturated rings. The van der Waals surface area contributed by atoms with E-state index in [1.807, 2.05) is 44.2 Å². The van der Waals surface area contributed by atoms with Crippen LogP contribution in [0.2, 0.25) is 0 Å². The molecule has 0 aliphatic carbocycles. The number of aryl methyl sites for hydroxylation is 2. The largest absolute Gasteiger partial charge is 0.261 e. The smallest absolute Gasteiger partial charge is 0.116 e. The molecule has 3 aromatic heterocycles. The van der Waals surface area contributed by atoms with Crippen LogP contribution in [0.1, 0.15) is 11.4 Å². The fourth-order valence-electron chi connectivity index (χ4n) is 2.16. The summed E-state index contributed by atoms with van der Waals surface area (Å²) in [6, 6.07) is 9.85. The van der Waals surface area contributed by atoms with E-state index >= 15 is 0 Å². The average molecular weight is 262 g/mol. The van der Waals surface area contributed by atoms with Crippen LogP contribution in [-0.4, -0.2) is 19.9 Å². The molecule has 0 amide bonds. The van der Waals surface area contributed by atoms with Crippen LogP contribution in [0, 0.1) is 13.8 Å². The lowest BCUT2D eigenvalue weighted by Crippen LogP contribution is -1.94. The topological polar surface area (TPSA) is 51.6 Å². The van der Waals surface area contributed by atoms with Gasteiger partial charge >= 0.3 is 0 Å². The number of aromatic nitrogens is 4. The van der Waals surface area contributed by atoms with Gasteiger partial charge in [-0.15, -0.1) is 0 Å². The van der Waals surface area contributed by atoms with Crippen molar-refractivity contribution in [3.63, 3.8) is 0 Å². The first kappa shape index (κ1) is 12.4. The van der Waals surface area contributed by atoms with Gasteiger partial charge in [-0.2, -0.15) is 0 Å². The van der Waals surface area contributed by atoms with Crippen LogP contribution in [0.15, 0.2) is 49.1 Å². The van der Waals surface area contributed by atoms with Crippen molar-refractivity contribution in [2.24, 2.45) is 0 Å². The maximum Gasteiger partial charge on any atom is 0.116 e. The van der Waals surface area contributed by atoms with Crippen molar-refractivity contribution in [3.8, 4) is 22.5 Å². The molecule has 0 radical (unpaired) electrons. The van der Waals surface area contributed by atoms with Crippen molar-refractivity contribution >= 4 is 0 Å². The third-order valence-electron chi connectivity index (χ3n) is 3.23. The molecule has 0 unspecified atom stereocenters. The first-order valence-corrected chi connectivity index (χ1v) is 6.42. The van der Waals surface area contributed by atoms with Crippen LogP contribution in [0.3, 0.4) is 0 Å². The summed E-state index contributed by atoms with van der Waals surface area (Å²) >= 11 is 0. The maximum absolute atomic E-state index is 4.35. The van der Waals surface area contributed by atoms with E-state index in [1.54, 1.807) is 18.7 Å². The summed E-state index contributed by atoms with van der Waals surface area (Å²) in [6.07, 6.45) is 5.15. The van der Waals surface area contributed by atoms with Crippen molar-refractivity contribution in [3.05, 3.63) is 60.4 Å². The highest BCUT2D eigenvalue weighted by Crippen LogP contribution is 2.25. The monoisotopic (exact) mass is 262 g/mol. The molecular formula is C16H14N4. The summed E-state index contributed by atoms with van der Waals surface area (Å²) in [4.78, 5) is 17.3. The molecule has 0 aromatic carbocycles. The van der Waals surface area contributed by atoms with Gasteiger partial charge in [-0.3, -0.25) is 9.97 Å². The van der Waals surface area contributed by atoms with Gasteiger partial charge in [0.05, 0.1) is 11.4 Å². The van der Waals surface area contributed by atoms with Gasteiger partial charge in [-0.1, -0.05) is 0 Å². The molecule has 0 saturated heterocycles. The van der Waals surface area contributed by atoms with Gasteiger partial charge in [-0.05, 0) is 44.2 Å². The number of hydrogen-bond acceptors (Lipinski definition) is 4. The highest BCUT2D eigenvalue weighted by Gasteiger charge is 2.08. The highest BCUT2D eigenvalue weighted by molar-refractivity contribution is 5.69. The minimum absolute atomic E-state index is 0.879. The van der Waals surface area contributed by atoms with E-state index in [-0.39, 0.29) is 0 Å². The molecule has 0 N–H and O–H groups in total. The molecule has 0 aliphatic heterocycles. The Morgan fingerprint density at radius 3 is 1.65 bits per heavy atom. The second kappa shape index (κ2) is 5.17. The van der Waals surface area contributed by atoms with Gasteiger partial charge in [-0.25, -0.2) is 9.97 Å². The summed E-state index contributed by atoms with van der Waals surface area (Å²) < 4.78 is 0. The summed E-state index contributed by atoms with van der Waals surface area (Å²) in [6.45, 7) is 3.96. The van der Waals surface area contributed by atoms with Crippen molar-refractivity contribution in [1.82, 2.24) is 19.9 Å². The number of pyridine rings is 2. The summed E-state index contributed by atoms with van der Waals surface area (Å²) in [5.74, 6) is 0. The van der Waals surface area contributed by atoms with Gasteiger partial charge in [0.15, 0.2) is 0 Å². The Morgan fingerprint density at radius 1 is 0.700 bits per heavy atom. The third kappa shape index (κ3) is 2.28. The molecule has 0 atom stereocenters. The number of hydrogen-bond donors (Lipinski definition) is 0. The van der Waals surface area contributed by atoms with Gasteiger partial charge in [0.2, 0.25) is 0 Å². The van der Waals surface area contributed by atoms with Gasteiger partial charge < -0.3 is 0 Å². The molecule has 0 bridgehead atoms. The molecule has 3 rings (SSSR count). The van der Waals surface area contributed by atoms with E-state index in [1.165, 1.54) is 0 Å². The highest BCUT2D eigenvalue weighted by atomic mass is 14.8. The Hall–Kier alpha value is -2.62. The van der Waals surface area contributed by atoms with E-state index in [4.69, 9.17) is 0 Å². The molecule has 4 heteroatoms. The zero-order chi connectivity index (χ0) is 13.9. The van der Waals surface area contributed by atoms with E-state index in [0.29, 0.717) is 0 Å². The van der Waals surface area contributed by atoms with Crippen molar-refractivity contribution in [2.75, 3.05) is 0 Å². The summed E-state index contributed by atoms with van der Waals surface area (Å²) in [7, 11) is 0. The van der Waals surface area contributed by atoms with E-state index < -0.39 is 0 Å². The predicted octanol–water partition coefficient (Wildman–Crippen LogP) is 3.22. The molecule has 20 heavy (non-hydrogen) atoms. The SMILES string of the molecule is Cc1ncccc1-c1cc(-c2cccnc2C)ncn1. The van der Waals surface area contributed by atoms with E-state index in [2.05, 4.69) is 19.9 Å². The van der Waals surface area contributed by atoms with Gasteiger partial charge in [0.25, 0.3) is 0 Å². The van der Waals surface area contributed by atoms with Crippen LogP contribution < -0.4 is 0 Å². The summed E-state index contributed by atoms with van der Waals surface area (Å²) in [5.41, 5.74) is 5.73. The van der Waals surface area contributed by atoms with Crippen molar-refractivity contribution in [2.45, 2.75) is 13.8 Å². The van der Waals surface area contributed by atoms with Crippen LogP contribution >= 0.6 is 0 Å². The second-order valence-electron chi connectivity index (χ2n) is 4.56. The van der Waals surface area contributed by atoms with E-state index in [9.17, 15) is 0 Å². The molecule has 3 heterocycles. The Balaban J connectivity index is 2.12. The van der Waals surface area contributed by atoms with Crippen molar-refractivity contribution < 1.29 is 0 Å². The lowest BCUT2D eigenvalue weighted by atomic mass is 10.1. The van der Waals surface area contributed by atoms with E-state index in [0.717, 1.165) is 33.9 Å². The molecule has 3 aromatic rings. The first-order chi connectivity index (χ1) is 9.75. The lowest BCUT2D eigenvalue weighted by molar-refractivity contribution is 1.13. The minimum Gasteiger partial charge on any atom is -0.261 e. The predicted molar refractivity (Wildman–Crippen MR) is 78.0 cm³/mol. The lowest BCUT2D eigenvalue weighted by Gasteiger charge is -2.07. The second-order valence-corrected chi connectivity index (χ2v) is 4.56. The quantitative estimate of drug-likeness (QED) is 0.711. The van der Waals surface area contributed by atoms with Gasteiger partial charge in [0.1, 0.15) is 6.33 Å². The Labute approximate surface area is 117 Å². The van der Waals surface area contributed by atoms with Crippen LogP contribution in [0.25, 0.3) is 22.5 Å². The molecule has 0 aliphatic rings. The molecule has 0 spiro atoms. The fraction of sp³-hybridized carbons (Fsp3) is 0.125. The zero-order valence-corrected chi connectivity index (χ0v) is 11.4. The van der Waals surface area contributed by atoms with Crippen molar-refractivity contribution in [1.29, 1.82) is 0 Å². The molecule has 98 valence electrons. The fourth-order valence-corrected chi connectivity index (χ4v) is 2.16. The van der Waals surface area contributed by atoms with Gasteiger partial charge in [0, 0.05) is 34.9 Å².